The van der Waals surface area contributed by atoms with Gasteiger partial charge in [0, 0.05) is 6.54 Å². The Morgan fingerprint density at radius 3 is 2.48 bits per heavy atom. The van der Waals surface area contributed by atoms with E-state index in [0.717, 1.165) is 15.3 Å². The van der Waals surface area contributed by atoms with Gasteiger partial charge in [0.25, 0.3) is 0 Å². The van der Waals surface area contributed by atoms with Crippen LogP contribution in [0.5, 0.6) is 0 Å². The Morgan fingerprint density at radius 1 is 1.00 bits per heavy atom. The van der Waals surface area contributed by atoms with E-state index in [9.17, 15) is 4.79 Å². The molecular formula is C21H19NOS2. The summed E-state index contributed by atoms with van der Waals surface area (Å²) in [6.07, 6.45) is 0. The van der Waals surface area contributed by atoms with Crippen molar-refractivity contribution in [3.8, 4) is 0 Å². The Balaban J connectivity index is 1.61. The van der Waals surface area contributed by atoms with Crippen molar-refractivity contribution in [3.63, 3.8) is 0 Å². The summed E-state index contributed by atoms with van der Waals surface area (Å²) in [5, 5.41) is 5.15. The number of rotatable bonds is 5. The second-order valence-electron chi connectivity index (χ2n) is 5.77. The molecule has 0 saturated heterocycles. The Kier molecular flexibility index (Phi) is 5.84. The fraction of sp³-hybridized carbons (Fsp3) is 0.143. The van der Waals surface area contributed by atoms with E-state index < -0.39 is 0 Å². The third-order valence-electron chi connectivity index (χ3n) is 4.00. The molecule has 0 heterocycles. The predicted molar refractivity (Wildman–Crippen MR) is 111 cm³/mol. The Bertz CT molecular complexity index is 887. The second-order valence-corrected chi connectivity index (χ2v) is 7.79. The molecule has 126 valence electrons. The normalized spacial score (nSPS) is 11.9. The van der Waals surface area contributed by atoms with Crippen molar-refractivity contribution in [3.05, 3.63) is 83.9 Å². The van der Waals surface area contributed by atoms with Crippen molar-refractivity contribution in [2.45, 2.75) is 18.7 Å². The third-order valence-corrected chi connectivity index (χ3v) is 5.54. The maximum Gasteiger partial charge on any atom is 0.233 e. The van der Waals surface area contributed by atoms with Crippen LogP contribution in [0, 0.1) is 0 Å². The SMILES string of the molecule is CC(SC(=S)c1ccccc1)C(=O)NCc1cccc2ccccc12. The van der Waals surface area contributed by atoms with Gasteiger partial charge in [-0.1, -0.05) is 85.0 Å². The molecule has 4 heteroatoms. The first kappa shape index (κ1) is 17.6. The molecule has 0 aromatic heterocycles. The quantitative estimate of drug-likeness (QED) is 0.649. The largest absolute Gasteiger partial charge is 0.351 e. The molecule has 0 saturated carbocycles. The monoisotopic (exact) mass is 365 g/mol. The number of fused-ring (bicyclic) bond motifs is 1. The standard InChI is InChI=1S/C21H19NOS2/c1-15(25-21(24)17-9-3-2-4-10-17)20(23)22-14-18-12-7-11-16-8-5-6-13-19(16)18/h2-13,15H,14H2,1H3,(H,22,23). The second kappa shape index (κ2) is 8.28. The van der Waals surface area contributed by atoms with Crippen molar-refractivity contribution < 1.29 is 4.79 Å². The number of amides is 1. The summed E-state index contributed by atoms with van der Waals surface area (Å²) >= 11 is 6.86. The van der Waals surface area contributed by atoms with E-state index in [2.05, 4.69) is 29.6 Å². The number of hydrogen-bond acceptors (Lipinski definition) is 3. The summed E-state index contributed by atoms with van der Waals surface area (Å²) in [7, 11) is 0. The van der Waals surface area contributed by atoms with Crippen LogP contribution in [0.1, 0.15) is 18.1 Å². The van der Waals surface area contributed by atoms with Gasteiger partial charge in [0.1, 0.15) is 0 Å². The molecule has 1 N–H and O–H groups in total. The summed E-state index contributed by atoms with van der Waals surface area (Å²) < 4.78 is 0.744. The van der Waals surface area contributed by atoms with Crippen LogP contribution in [-0.2, 0) is 11.3 Å². The van der Waals surface area contributed by atoms with E-state index >= 15 is 0 Å². The van der Waals surface area contributed by atoms with Gasteiger partial charge >= 0.3 is 0 Å². The van der Waals surface area contributed by atoms with E-state index in [1.54, 1.807) is 0 Å². The zero-order valence-electron chi connectivity index (χ0n) is 13.9. The molecule has 0 aliphatic rings. The average Bonchev–Trinajstić information content (AvgIpc) is 2.66. The fourth-order valence-electron chi connectivity index (χ4n) is 2.63. The summed E-state index contributed by atoms with van der Waals surface area (Å²) in [4.78, 5) is 12.4. The molecule has 2 nitrogen and oxygen atoms in total. The molecule has 3 aromatic carbocycles. The van der Waals surface area contributed by atoms with E-state index in [0.29, 0.717) is 6.54 Å². The Hall–Kier alpha value is -2.17. The van der Waals surface area contributed by atoms with E-state index in [1.165, 1.54) is 22.5 Å². The lowest BCUT2D eigenvalue weighted by Crippen LogP contribution is -2.31. The van der Waals surface area contributed by atoms with Gasteiger partial charge in [0.15, 0.2) is 0 Å². The molecule has 1 atom stereocenters. The van der Waals surface area contributed by atoms with Gasteiger partial charge in [-0.2, -0.15) is 0 Å². The van der Waals surface area contributed by atoms with E-state index in [4.69, 9.17) is 12.2 Å². The topological polar surface area (TPSA) is 29.1 Å². The minimum absolute atomic E-state index is 0.00350. The van der Waals surface area contributed by atoms with Crippen LogP contribution in [0.3, 0.4) is 0 Å². The number of carbonyl (C=O) groups is 1. The van der Waals surface area contributed by atoms with Crippen molar-refractivity contribution in [2.75, 3.05) is 0 Å². The summed E-state index contributed by atoms with van der Waals surface area (Å²) in [6.45, 7) is 2.40. The van der Waals surface area contributed by atoms with Crippen molar-refractivity contribution in [1.29, 1.82) is 0 Å². The Morgan fingerprint density at radius 2 is 1.68 bits per heavy atom. The van der Waals surface area contributed by atoms with Gasteiger partial charge in [0.05, 0.1) is 9.45 Å². The molecular weight excluding hydrogens is 346 g/mol. The van der Waals surface area contributed by atoms with Crippen LogP contribution in [0.25, 0.3) is 10.8 Å². The van der Waals surface area contributed by atoms with E-state index in [-0.39, 0.29) is 11.2 Å². The maximum atomic E-state index is 12.4. The average molecular weight is 366 g/mol. The number of nitrogens with one attached hydrogen (secondary N) is 1. The zero-order chi connectivity index (χ0) is 17.6. The van der Waals surface area contributed by atoms with Crippen LogP contribution in [-0.4, -0.2) is 15.4 Å². The minimum atomic E-state index is -0.234. The third kappa shape index (κ3) is 4.47. The molecule has 1 unspecified atom stereocenters. The van der Waals surface area contributed by atoms with Crippen LogP contribution >= 0.6 is 24.0 Å². The van der Waals surface area contributed by atoms with Crippen LogP contribution in [0.15, 0.2) is 72.8 Å². The molecule has 0 bridgehead atoms. The van der Waals surface area contributed by atoms with Crippen LogP contribution in [0.4, 0.5) is 0 Å². The van der Waals surface area contributed by atoms with Crippen LogP contribution in [0.2, 0.25) is 0 Å². The first-order valence-corrected chi connectivity index (χ1v) is 9.44. The van der Waals surface area contributed by atoms with Gasteiger partial charge in [-0.15, -0.1) is 11.8 Å². The zero-order valence-corrected chi connectivity index (χ0v) is 15.6. The lowest BCUT2D eigenvalue weighted by Gasteiger charge is -2.13. The first-order valence-electron chi connectivity index (χ1n) is 8.15. The van der Waals surface area contributed by atoms with Gasteiger partial charge in [-0.05, 0) is 28.8 Å². The predicted octanol–water partition coefficient (Wildman–Crippen LogP) is 4.95. The molecule has 3 aromatic rings. The smallest absolute Gasteiger partial charge is 0.233 e. The van der Waals surface area contributed by atoms with Gasteiger partial charge in [-0.3, -0.25) is 4.79 Å². The van der Waals surface area contributed by atoms with Crippen molar-refractivity contribution >= 4 is 44.9 Å². The highest BCUT2D eigenvalue weighted by Gasteiger charge is 2.16. The minimum Gasteiger partial charge on any atom is -0.351 e. The maximum absolute atomic E-state index is 12.4. The van der Waals surface area contributed by atoms with Crippen LogP contribution < -0.4 is 5.32 Å². The highest BCUT2D eigenvalue weighted by atomic mass is 32.2. The van der Waals surface area contributed by atoms with Gasteiger partial charge in [0.2, 0.25) is 5.91 Å². The van der Waals surface area contributed by atoms with Gasteiger partial charge < -0.3 is 5.32 Å². The molecule has 0 aliphatic heterocycles. The highest BCUT2D eigenvalue weighted by Crippen LogP contribution is 2.21. The molecule has 0 spiro atoms. The number of benzene rings is 3. The summed E-state index contributed by atoms with van der Waals surface area (Å²) in [5.41, 5.74) is 2.10. The molecule has 3 rings (SSSR count). The molecule has 0 radical (unpaired) electrons. The number of thiocarbonyl (C=S) groups is 1. The Labute approximate surface area is 157 Å². The molecule has 25 heavy (non-hydrogen) atoms. The summed E-state index contributed by atoms with van der Waals surface area (Å²) in [5.74, 6) is -0.00350. The highest BCUT2D eigenvalue weighted by molar-refractivity contribution is 8.24. The fourth-order valence-corrected chi connectivity index (χ4v) is 3.98. The van der Waals surface area contributed by atoms with E-state index in [1.807, 2.05) is 55.5 Å². The number of hydrogen-bond donors (Lipinski definition) is 1. The van der Waals surface area contributed by atoms with Gasteiger partial charge in [-0.25, -0.2) is 0 Å². The molecule has 0 aliphatic carbocycles. The molecule has 1 amide bonds. The summed E-state index contributed by atoms with van der Waals surface area (Å²) in [6, 6.07) is 24.2. The van der Waals surface area contributed by atoms with Crippen molar-refractivity contribution in [2.24, 2.45) is 0 Å². The first-order chi connectivity index (χ1) is 12.1. The molecule has 0 fully saturated rings. The lowest BCUT2D eigenvalue weighted by molar-refractivity contribution is -0.120. The number of carbonyl (C=O) groups excluding carboxylic acids is 1. The van der Waals surface area contributed by atoms with Crippen molar-refractivity contribution in [1.82, 2.24) is 5.32 Å². The number of thioether (sulfide) groups is 1. The lowest BCUT2D eigenvalue weighted by atomic mass is 10.0.